The molecule has 3 amide bonds. The highest BCUT2D eigenvalue weighted by Gasteiger charge is 2.41. The number of benzene rings is 1. The quantitative estimate of drug-likeness (QED) is 0.194. The molecule has 4 rings (SSSR count). The summed E-state index contributed by atoms with van der Waals surface area (Å²) in [6, 6.07) is 8.51. The van der Waals surface area contributed by atoms with Crippen LogP contribution in [0, 0.1) is 0 Å². The second-order valence-corrected chi connectivity index (χ2v) is 9.16. The molecule has 2 aromatic heterocycles. The number of esters is 1. The molecule has 1 fully saturated rings. The van der Waals surface area contributed by atoms with Crippen LogP contribution in [0.2, 0.25) is 0 Å². The highest BCUT2D eigenvalue weighted by atomic mass is 16.5. The monoisotopic (exact) mass is 519 g/mol. The number of hydrogen-bond donors (Lipinski definition) is 0. The molecule has 0 N–H and O–H groups in total. The van der Waals surface area contributed by atoms with Crippen molar-refractivity contribution >= 4 is 24.0 Å². The van der Waals surface area contributed by atoms with E-state index in [1.165, 1.54) is 23.1 Å². The van der Waals surface area contributed by atoms with Gasteiger partial charge in [0.2, 0.25) is 0 Å². The molecule has 0 aliphatic carbocycles. The van der Waals surface area contributed by atoms with Crippen LogP contribution in [0.15, 0.2) is 52.9 Å². The Kier molecular flexibility index (Phi) is 8.73. The number of urea groups is 1. The molecule has 38 heavy (non-hydrogen) atoms. The number of aromatic nitrogens is 3. The van der Waals surface area contributed by atoms with E-state index < -0.39 is 5.97 Å². The van der Waals surface area contributed by atoms with Gasteiger partial charge in [-0.1, -0.05) is 44.0 Å². The van der Waals surface area contributed by atoms with Gasteiger partial charge in [-0.25, -0.2) is 14.6 Å². The van der Waals surface area contributed by atoms with Gasteiger partial charge in [-0.2, -0.15) is 0 Å². The summed E-state index contributed by atoms with van der Waals surface area (Å²) < 4.78 is 12.1. The number of nitrogens with zero attached hydrogens (tertiary/aromatic N) is 5. The van der Waals surface area contributed by atoms with Gasteiger partial charge in [-0.05, 0) is 36.6 Å². The van der Waals surface area contributed by atoms with Crippen molar-refractivity contribution in [1.82, 2.24) is 24.5 Å². The maximum absolute atomic E-state index is 13.4. The molecule has 3 heterocycles. The number of imide groups is 1. The van der Waals surface area contributed by atoms with E-state index in [1.807, 2.05) is 19.1 Å². The molecule has 1 aliphatic heterocycles. The Hall–Kier alpha value is -4.21. The summed E-state index contributed by atoms with van der Waals surface area (Å²) >= 11 is 0. The number of carbonyl (C=O) groups excluding carboxylic acids is 3. The fourth-order valence-electron chi connectivity index (χ4n) is 4.32. The van der Waals surface area contributed by atoms with E-state index in [1.54, 1.807) is 30.5 Å². The summed E-state index contributed by atoms with van der Waals surface area (Å²) in [5.74, 6) is 0.639. The third-order valence-electron chi connectivity index (χ3n) is 6.48. The third kappa shape index (κ3) is 5.85. The number of amides is 3. The second-order valence-electron chi connectivity index (χ2n) is 9.16. The lowest BCUT2D eigenvalue weighted by molar-refractivity contribution is -0.123. The van der Waals surface area contributed by atoms with Crippen molar-refractivity contribution in [3.63, 3.8) is 0 Å². The van der Waals surface area contributed by atoms with Crippen molar-refractivity contribution in [3.05, 3.63) is 76.8 Å². The predicted octanol–water partition coefficient (Wildman–Crippen LogP) is 4.65. The lowest BCUT2D eigenvalue weighted by atomic mass is 10.1. The Bertz CT molecular complexity index is 1290. The fourth-order valence-corrected chi connectivity index (χ4v) is 4.32. The predicted molar refractivity (Wildman–Crippen MR) is 140 cm³/mol. The molecular weight excluding hydrogens is 486 g/mol. The van der Waals surface area contributed by atoms with Gasteiger partial charge in [0.25, 0.3) is 5.91 Å². The SMILES string of the molecule is CCCCc1ncc(/C=C2/C(=O)N(CCCC)C(=O)N2Cc2ccno2)n1Cc1ccc(C(=O)OC)cc1. The van der Waals surface area contributed by atoms with Gasteiger partial charge in [-0.3, -0.25) is 14.6 Å². The topological polar surface area (TPSA) is 111 Å². The molecule has 0 spiro atoms. The molecule has 0 radical (unpaired) electrons. The van der Waals surface area contributed by atoms with E-state index >= 15 is 0 Å². The number of hydrogen-bond acceptors (Lipinski definition) is 7. The first-order valence-electron chi connectivity index (χ1n) is 12.9. The van der Waals surface area contributed by atoms with Crippen LogP contribution in [-0.4, -0.2) is 56.1 Å². The molecule has 200 valence electrons. The van der Waals surface area contributed by atoms with Gasteiger partial charge in [0, 0.05) is 25.6 Å². The molecule has 3 aromatic rings. The summed E-state index contributed by atoms with van der Waals surface area (Å²) in [6.45, 7) is 5.08. The maximum Gasteiger partial charge on any atom is 0.337 e. The van der Waals surface area contributed by atoms with Gasteiger partial charge in [0.15, 0.2) is 5.76 Å². The molecule has 10 heteroatoms. The van der Waals surface area contributed by atoms with E-state index in [0.717, 1.165) is 43.5 Å². The Balaban J connectivity index is 1.70. The number of rotatable bonds is 12. The molecule has 1 saturated heterocycles. The van der Waals surface area contributed by atoms with Crippen LogP contribution in [0.5, 0.6) is 0 Å². The first-order chi connectivity index (χ1) is 18.5. The van der Waals surface area contributed by atoms with Crippen molar-refractivity contribution in [2.45, 2.75) is 59.0 Å². The minimum Gasteiger partial charge on any atom is -0.465 e. The first-order valence-corrected chi connectivity index (χ1v) is 12.9. The second kappa shape index (κ2) is 12.4. The molecule has 0 atom stereocenters. The van der Waals surface area contributed by atoms with Crippen molar-refractivity contribution in [1.29, 1.82) is 0 Å². The average Bonchev–Trinajstić information content (AvgIpc) is 3.63. The molecule has 1 aliphatic rings. The number of methoxy groups -OCH3 is 1. The summed E-state index contributed by atoms with van der Waals surface area (Å²) in [6.07, 6.45) is 9.32. The van der Waals surface area contributed by atoms with Gasteiger partial charge in [0.1, 0.15) is 11.5 Å². The normalized spacial score (nSPS) is 14.7. The van der Waals surface area contributed by atoms with E-state index in [9.17, 15) is 14.4 Å². The molecule has 0 bridgehead atoms. The molecular formula is C28H33N5O5. The minimum absolute atomic E-state index is 0.102. The number of aryl methyl sites for hydroxylation is 1. The van der Waals surface area contributed by atoms with Crippen molar-refractivity contribution < 1.29 is 23.6 Å². The Labute approximate surface area is 221 Å². The lowest BCUT2D eigenvalue weighted by Gasteiger charge is -2.16. The van der Waals surface area contributed by atoms with Crippen LogP contribution in [-0.2, 0) is 29.0 Å². The van der Waals surface area contributed by atoms with Crippen molar-refractivity contribution in [2.24, 2.45) is 0 Å². The smallest absolute Gasteiger partial charge is 0.337 e. The summed E-state index contributed by atoms with van der Waals surface area (Å²) in [5, 5.41) is 3.73. The highest BCUT2D eigenvalue weighted by molar-refractivity contribution is 6.13. The fraction of sp³-hybridized carbons (Fsp3) is 0.393. The van der Waals surface area contributed by atoms with E-state index in [2.05, 4.69) is 21.6 Å². The molecule has 0 saturated carbocycles. The van der Waals surface area contributed by atoms with Crippen LogP contribution in [0.4, 0.5) is 4.79 Å². The summed E-state index contributed by atoms with van der Waals surface area (Å²) in [7, 11) is 1.35. The number of carbonyl (C=O) groups is 3. The van der Waals surface area contributed by atoms with Gasteiger partial charge in [-0.15, -0.1) is 0 Å². The van der Waals surface area contributed by atoms with Crippen LogP contribution in [0.25, 0.3) is 6.08 Å². The highest BCUT2D eigenvalue weighted by Crippen LogP contribution is 2.27. The summed E-state index contributed by atoms with van der Waals surface area (Å²) in [5.41, 5.74) is 2.42. The van der Waals surface area contributed by atoms with E-state index in [-0.39, 0.29) is 24.2 Å². The largest absolute Gasteiger partial charge is 0.465 e. The Morgan fingerprint density at radius 1 is 1.03 bits per heavy atom. The third-order valence-corrected chi connectivity index (χ3v) is 6.48. The van der Waals surface area contributed by atoms with Crippen LogP contribution < -0.4 is 0 Å². The number of unbranched alkanes of at least 4 members (excludes halogenated alkanes) is 2. The van der Waals surface area contributed by atoms with Crippen molar-refractivity contribution in [2.75, 3.05) is 13.7 Å². The lowest BCUT2D eigenvalue weighted by Crippen LogP contribution is -2.33. The zero-order valence-electron chi connectivity index (χ0n) is 22.1. The van der Waals surface area contributed by atoms with Crippen molar-refractivity contribution in [3.8, 4) is 0 Å². The standard InChI is InChI=1S/C28H33N5O5/c1-4-6-8-25-29-17-22(32(25)18-20-9-11-21(12-10-20)27(35)37-3)16-24-26(34)31(15-7-5-2)28(36)33(24)19-23-13-14-30-38-23/h9-14,16-17H,4-8,15,18-19H2,1-3H3/b24-16-. The van der Waals surface area contributed by atoms with E-state index in [0.29, 0.717) is 30.1 Å². The van der Waals surface area contributed by atoms with Gasteiger partial charge >= 0.3 is 12.0 Å². The van der Waals surface area contributed by atoms with Crippen LogP contribution >= 0.6 is 0 Å². The van der Waals surface area contributed by atoms with Crippen LogP contribution in [0.1, 0.15) is 72.7 Å². The molecule has 0 unspecified atom stereocenters. The Morgan fingerprint density at radius 3 is 2.45 bits per heavy atom. The summed E-state index contributed by atoms with van der Waals surface area (Å²) in [4.78, 5) is 45.9. The maximum atomic E-state index is 13.4. The Morgan fingerprint density at radius 2 is 1.79 bits per heavy atom. The average molecular weight is 520 g/mol. The molecule has 10 nitrogen and oxygen atoms in total. The molecule has 1 aromatic carbocycles. The zero-order chi connectivity index (χ0) is 27.1. The zero-order valence-corrected chi connectivity index (χ0v) is 22.1. The number of imidazole rings is 1. The van der Waals surface area contributed by atoms with E-state index in [4.69, 9.17) is 9.26 Å². The van der Waals surface area contributed by atoms with Gasteiger partial charge in [0.05, 0.1) is 37.3 Å². The first kappa shape index (κ1) is 26.8. The van der Waals surface area contributed by atoms with Gasteiger partial charge < -0.3 is 13.8 Å². The number of ether oxygens (including phenoxy) is 1. The van der Waals surface area contributed by atoms with Crippen LogP contribution in [0.3, 0.4) is 0 Å². The minimum atomic E-state index is -0.392.